The van der Waals surface area contributed by atoms with E-state index < -0.39 is 10.0 Å². The van der Waals surface area contributed by atoms with E-state index in [1.54, 1.807) is 12.1 Å². The van der Waals surface area contributed by atoms with Crippen LogP contribution in [0.25, 0.3) is 10.9 Å². The molecule has 1 aromatic heterocycles. The van der Waals surface area contributed by atoms with Gasteiger partial charge in [0.2, 0.25) is 10.0 Å². The molecule has 8 heteroatoms. The predicted molar refractivity (Wildman–Crippen MR) is 117 cm³/mol. The topological polar surface area (TPSA) is 84.4 Å². The van der Waals surface area contributed by atoms with E-state index >= 15 is 0 Å². The van der Waals surface area contributed by atoms with Crippen molar-refractivity contribution in [3.63, 3.8) is 0 Å². The van der Waals surface area contributed by atoms with Crippen LogP contribution in [0, 0.1) is 13.8 Å². The highest BCUT2D eigenvalue weighted by Gasteiger charge is 2.22. The lowest BCUT2D eigenvalue weighted by molar-refractivity contribution is 0.402. The minimum absolute atomic E-state index is 0.00451. The van der Waals surface area contributed by atoms with Gasteiger partial charge < -0.3 is 9.64 Å². The zero-order chi connectivity index (χ0) is 21.3. The fourth-order valence-electron chi connectivity index (χ4n) is 3.80. The number of aromatic nitrogens is 2. The first-order chi connectivity index (χ1) is 14.4. The highest BCUT2D eigenvalue weighted by molar-refractivity contribution is 7.89. The molecule has 0 bridgehead atoms. The molecule has 3 aromatic rings. The third kappa shape index (κ3) is 3.97. The highest BCUT2D eigenvalue weighted by Crippen LogP contribution is 2.29. The van der Waals surface area contributed by atoms with Crippen LogP contribution in [0.1, 0.15) is 29.8 Å². The number of benzene rings is 2. The largest absolute Gasteiger partial charge is 0.495 e. The number of rotatable bonds is 6. The van der Waals surface area contributed by atoms with Crippen molar-refractivity contribution in [3.05, 3.63) is 53.3 Å². The lowest BCUT2D eigenvalue weighted by Crippen LogP contribution is -2.26. The van der Waals surface area contributed by atoms with Crippen LogP contribution in [0.4, 0.5) is 5.82 Å². The number of methoxy groups -OCH3 is 1. The van der Waals surface area contributed by atoms with E-state index in [9.17, 15) is 8.42 Å². The molecule has 0 unspecified atom stereocenters. The SMILES string of the molecule is COc1ccc(C)cc1S(=O)(=O)NCc1nc(N2CCCC2)c2cccc(C)c2n1. The number of sulfonamides is 1. The van der Waals surface area contributed by atoms with Gasteiger partial charge in [-0.2, -0.15) is 0 Å². The van der Waals surface area contributed by atoms with E-state index in [-0.39, 0.29) is 11.4 Å². The molecule has 1 aliphatic rings. The molecule has 158 valence electrons. The average molecular weight is 427 g/mol. The van der Waals surface area contributed by atoms with Gasteiger partial charge in [0.05, 0.1) is 19.2 Å². The van der Waals surface area contributed by atoms with E-state index in [1.165, 1.54) is 7.11 Å². The Morgan fingerprint density at radius 1 is 1.10 bits per heavy atom. The van der Waals surface area contributed by atoms with Crippen molar-refractivity contribution in [1.29, 1.82) is 0 Å². The van der Waals surface area contributed by atoms with Crippen molar-refractivity contribution in [2.75, 3.05) is 25.1 Å². The molecule has 2 heterocycles. The van der Waals surface area contributed by atoms with Gasteiger partial charge >= 0.3 is 0 Å². The minimum Gasteiger partial charge on any atom is -0.495 e. The molecular weight excluding hydrogens is 400 g/mol. The molecule has 7 nitrogen and oxygen atoms in total. The van der Waals surface area contributed by atoms with E-state index in [1.807, 2.05) is 38.1 Å². The number of hydrogen-bond donors (Lipinski definition) is 1. The number of nitrogens with zero attached hydrogens (tertiary/aromatic N) is 3. The summed E-state index contributed by atoms with van der Waals surface area (Å²) in [5.41, 5.74) is 2.74. The van der Waals surface area contributed by atoms with Crippen LogP contribution < -0.4 is 14.4 Å². The third-order valence-electron chi connectivity index (χ3n) is 5.39. The summed E-state index contributed by atoms with van der Waals surface area (Å²) < 4.78 is 33.8. The molecular formula is C22H26N4O3S. The molecule has 0 saturated carbocycles. The minimum atomic E-state index is -3.79. The summed E-state index contributed by atoms with van der Waals surface area (Å²) in [6, 6.07) is 11.1. The third-order valence-corrected chi connectivity index (χ3v) is 6.81. The van der Waals surface area contributed by atoms with Crippen molar-refractivity contribution in [2.45, 2.75) is 38.1 Å². The molecule has 0 atom stereocenters. The molecule has 1 saturated heterocycles. The smallest absolute Gasteiger partial charge is 0.244 e. The summed E-state index contributed by atoms with van der Waals surface area (Å²) >= 11 is 0. The van der Waals surface area contributed by atoms with Gasteiger partial charge in [-0.05, 0) is 56.0 Å². The van der Waals surface area contributed by atoms with Gasteiger partial charge in [0.25, 0.3) is 0 Å². The monoisotopic (exact) mass is 426 g/mol. The number of nitrogens with one attached hydrogen (secondary N) is 1. The Morgan fingerprint density at radius 2 is 1.87 bits per heavy atom. The summed E-state index contributed by atoms with van der Waals surface area (Å²) in [4.78, 5) is 11.8. The quantitative estimate of drug-likeness (QED) is 0.651. The first-order valence-corrected chi connectivity index (χ1v) is 11.5. The van der Waals surface area contributed by atoms with Gasteiger partial charge in [-0.1, -0.05) is 18.2 Å². The van der Waals surface area contributed by atoms with E-state index in [0.717, 1.165) is 53.8 Å². The number of aryl methyl sites for hydroxylation is 2. The van der Waals surface area contributed by atoms with Crippen LogP contribution in [0.15, 0.2) is 41.3 Å². The first-order valence-electron chi connectivity index (χ1n) is 10.0. The maximum absolute atomic E-state index is 13.0. The molecule has 1 aliphatic heterocycles. The lowest BCUT2D eigenvalue weighted by atomic mass is 10.1. The zero-order valence-electron chi connectivity index (χ0n) is 17.5. The molecule has 30 heavy (non-hydrogen) atoms. The summed E-state index contributed by atoms with van der Waals surface area (Å²) in [6.07, 6.45) is 2.26. The van der Waals surface area contributed by atoms with Crippen LogP contribution in [0.3, 0.4) is 0 Å². The van der Waals surface area contributed by atoms with Crippen molar-refractivity contribution in [1.82, 2.24) is 14.7 Å². The Balaban J connectivity index is 1.69. The molecule has 1 fully saturated rings. The van der Waals surface area contributed by atoms with Gasteiger partial charge in [-0.25, -0.2) is 23.1 Å². The zero-order valence-corrected chi connectivity index (χ0v) is 18.3. The van der Waals surface area contributed by atoms with Gasteiger partial charge in [-0.3, -0.25) is 0 Å². The maximum Gasteiger partial charge on any atom is 0.244 e. The Labute approximate surface area is 177 Å². The Bertz CT molecular complexity index is 1190. The second kappa shape index (κ2) is 8.20. The fraction of sp³-hybridized carbons (Fsp3) is 0.364. The Hall–Kier alpha value is -2.71. The molecule has 4 rings (SSSR count). The first kappa shape index (κ1) is 20.6. The normalized spacial score (nSPS) is 14.4. The van der Waals surface area contributed by atoms with E-state index in [2.05, 4.69) is 14.6 Å². The fourth-order valence-corrected chi connectivity index (χ4v) is 5.04. The van der Waals surface area contributed by atoms with Crippen LogP contribution >= 0.6 is 0 Å². The Morgan fingerprint density at radius 3 is 2.60 bits per heavy atom. The van der Waals surface area contributed by atoms with Crippen LogP contribution in [-0.4, -0.2) is 38.6 Å². The van der Waals surface area contributed by atoms with E-state index in [4.69, 9.17) is 9.72 Å². The highest BCUT2D eigenvalue weighted by atomic mass is 32.2. The number of anilines is 1. The number of fused-ring (bicyclic) bond motifs is 1. The molecule has 0 spiro atoms. The molecule has 1 N–H and O–H groups in total. The van der Waals surface area contributed by atoms with Crippen LogP contribution in [0.5, 0.6) is 5.75 Å². The van der Waals surface area contributed by atoms with Crippen LogP contribution in [0.2, 0.25) is 0 Å². The van der Waals surface area contributed by atoms with E-state index in [0.29, 0.717) is 11.6 Å². The van der Waals surface area contributed by atoms with Gasteiger partial charge in [0.15, 0.2) is 0 Å². The summed E-state index contributed by atoms with van der Waals surface area (Å²) in [7, 11) is -2.33. The molecule has 0 radical (unpaired) electrons. The second-order valence-electron chi connectivity index (χ2n) is 7.61. The predicted octanol–water partition coefficient (Wildman–Crippen LogP) is 3.33. The number of para-hydroxylation sites is 1. The second-order valence-corrected chi connectivity index (χ2v) is 9.34. The summed E-state index contributed by atoms with van der Waals surface area (Å²) in [5.74, 6) is 1.64. The maximum atomic E-state index is 13.0. The summed E-state index contributed by atoms with van der Waals surface area (Å²) in [6.45, 7) is 5.76. The van der Waals surface area contributed by atoms with Crippen molar-refractivity contribution in [2.24, 2.45) is 0 Å². The van der Waals surface area contributed by atoms with Crippen molar-refractivity contribution in [3.8, 4) is 5.75 Å². The van der Waals surface area contributed by atoms with Crippen molar-refractivity contribution >= 4 is 26.7 Å². The van der Waals surface area contributed by atoms with Crippen molar-refractivity contribution < 1.29 is 13.2 Å². The lowest BCUT2D eigenvalue weighted by Gasteiger charge is -2.20. The summed E-state index contributed by atoms with van der Waals surface area (Å²) in [5, 5.41) is 1.00. The van der Waals surface area contributed by atoms with Gasteiger partial charge in [-0.15, -0.1) is 0 Å². The molecule has 0 amide bonds. The van der Waals surface area contributed by atoms with Gasteiger partial charge in [0.1, 0.15) is 22.3 Å². The average Bonchev–Trinajstić information content (AvgIpc) is 3.27. The Kier molecular flexibility index (Phi) is 5.62. The number of ether oxygens (including phenoxy) is 1. The van der Waals surface area contributed by atoms with Gasteiger partial charge in [0, 0.05) is 18.5 Å². The number of hydrogen-bond acceptors (Lipinski definition) is 6. The standard InChI is InChI=1S/C22H26N4O3S/c1-15-9-10-18(29-3)19(13-15)30(27,28)23-14-20-24-21-16(2)7-6-8-17(21)22(25-20)26-11-4-5-12-26/h6-10,13,23H,4-5,11-12,14H2,1-3H3. The molecule has 0 aliphatic carbocycles. The van der Waals surface area contributed by atoms with Crippen LogP contribution in [-0.2, 0) is 16.6 Å². The molecule has 2 aromatic carbocycles.